The van der Waals surface area contributed by atoms with E-state index in [0.29, 0.717) is 18.4 Å². The second kappa shape index (κ2) is 6.37. The number of esters is 2. The SMILES string of the molecule is COC(=O)C[C@H]1[C@@]2(C)C[C@]3(O)[C@@H]4[C@@H](O[C@]56CC(=O)O[C@@H](c7ccoc7)[C@]5(C)CC[C@H]([C@]13C)[C@]46O)[C@H]2O. The first-order valence-electron chi connectivity index (χ1n) is 12.9. The Kier molecular flexibility index (Phi) is 4.10. The molecule has 3 N–H and O–H groups in total. The van der Waals surface area contributed by atoms with Gasteiger partial charge in [0.25, 0.3) is 0 Å². The molecule has 6 fully saturated rings. The predicted molar refractivity (Wildman–Crippen MR) is 121 cm³/mol. The van der Waals surface area contributed by atoms with Crippen molar-refractivity contribution in [2.24, 2.45) is 34.0 Å². The van der Waals surface area contributed by atoms with Crippen LogP contribution in [-0.4, -0.2) is 63.4 Å². The van der Waals surface area contributed by atoms with Crippen molar-refractivity contribution in [3.05, 3.63) is 24.2 Å². The molecule has 2 saturated heterocycles. The van der Waals surface area contributed by atoms with Gasteiger partial charge >= 0.3 is 11.9 Å². The number of methoxy groups -OCH3 is 1. The average Bonchev–Trinajstić information content (AvgIpc) is 3.50. The molecule has 0 unspecified atom stereocenters. The van der Waals surface area contributed by atoms with Crippen molar-refractivity contribution in [2.75, 3.05) is 7.11 Å². The molecule has 12 atom stereocenters. The molecule has 4 aliphatic carbocycles. The minimum Gasteiger partial charge on any atom is -0.472 e. The maximum Gasteiger partial charge on any atom is 0.309 e. The number of aliphatic hydroxyl groups is 3. The Morgan fingerprint density at radius 2 is 2.00 bits per heavy atom. The van der Waals surface area contributed by atoms with Gasteiger partial charge in [0.1, 0.15) is 17.3 Å². The van der Waals surface area contributed by atoms with Gasteiger partial charge in [0, 0.05) is 34.1 Å². The fourth-order valence-electron chi connectivity index (χ4n) is 10.8. The van der Waals surface area contributed by atoms with Gasteiger partial charge in [-0.25, -0.2) is 0 Å². The van der Waals surface area contributed by atoms with Crippen molar-refractivity contribution < 1.29 is 43.5 Å². The summed E-state index contributed by atoms with van der Waals surface area (Å²) >= 11 is 0. The first-order chi connectivity index (χ1) is 16.8. The molecule has 196 valence electrons. The quantitative estimate of drug-likeness (QED) is 0.529. The van der Waals surface area contributed by atoms with E-state index in [1.807, 2.05) is 20.8 Å². The molecule has 0 radical (unpaired) electrons. The molecule has 7 rings (SSSR count). The topological polar surface area (TPSA) is 136 Å². The van der Waals surface area contributed by atoms with Crippen molar-refractivity contribution in [3.8, 4) is 0 Å². The second-order valence-corrected chi connectivity index (χ2v) is 13.0. The standard InChI is InChI=1S/C27H34O9/c1-22-12-25(31)19-18(20(22)30)36-26-10-17(29)35-21(13-6-8-34-11-13)23(26,2)7-5-14(27(19,26)32)24(25,3)15(22)9-16(28)33-4/h6,8,11,14-15,18-21,30-32H,5,7,9-10,12H2,1-4H3/t14-,15+,18-,19+,20-,21+,22-,23+,24-,25+,26-,27+/m1/s1. The molecule has 0 aromatic carbocycles. The highest BCUT2D eigenvalue weighted by molar-refractivity contribution is 5.74. The molecule has 1 aromatic rings. The van der Waals surface area contributed by atoms with Crippen LogP contribution in [0.5, 0.6) is 0 Å². The van der Waals surface area contributed by atoms with E-state index in [0.717, 1.165) is 0 Å². The third-order valence-electron chi connectivity index (χ3n) is 12.2. The van der Waals surface area contributed by atoms with E-state index in [1.165, 1.54) is 13.4 Å². The van der Waals surface area contributed by atoms with Crippen LogP contribution in [0.4, 0.5) is 0 Å². The fraction of sp³-hybridized carbons (Fsp3) is 0.778. The number of hydrogen-bond acceptors (Lipinski definition) is 9. The summed E-state index contributed by atoms with van der Waals surface area (Å²) in [4.78, 5) is 25.8. The van der Waals surface area contributed by atoms with E-state index in [4.69, 9.17) is 18.6 Å². The van der Waals surface area contributed by atoms with Gasteiger partial charge in [0.2, 0.25) is 0 Å². The smallest absolute Gasteiger partial charge is 0.309 e. The van der Waals surface area contributed by atoms with Crippen LogP contribution in [0, 0.1) is 34.0 Å². The van der Waals surface area contributed by atoms with E-state index in [9.17, 15) is 24.9 Å². The number of furan rings is 1. The normalized spacial score (nSPS) is 57.9. The Labute approximate surface area is 209 Å². The molecule has 3 heterocycles. The van der Waals surface area contributed by atoms with Crippen LogP contribution in [0.2, 0.25) is 0 Å². The number of rotatable bonds is 3. The van der Waals surface area contributed by atoms with Crippen LogP contribution in [-0.2, 0) is 23.8 Å². The lowest BCUT2D eigenvalue weighted by Gasteiger charge is -2.63. The zero-order valence-corrected chi connectivity index (χ0v) is 21.0. The first-order valence-corrected chi connectivity index (χ1v) is 12.9. The lowest BCUT2D eigenvalue weighted by molar-refractivity contribution is -0.298. The minimum absolute atomic E-state index is 0.0266. The van der Waals surface area contributed by atoms with Gasteiger partial charge in [-0.2, -0.15) is 0 Å². The summed E-state index contributed by atoms with van der Waals surface area (Å²) < 4.78 is 23.1. The van der Waals surface area contributed by atoms with Crippen LogP contribution >= 0.6 is 0 Å². The van der Waals surface area contributed by atoms with Gasteiger partial charge in [-0.3, -0.25) is 9.59 Å². The van der Waals surface area contributed by atoms with Crippen LogP contribution in [0.25, 0.3) is 0 Å². The van der Waals surface area contributed by atoms with Crippen LogP contribution in [0.3, 0.4) is 0 Å². The maximum absolute atomic E-state index is 13.2. The molecule has 6 aliphatic rings. The summed E-state index contributed by atoms with van der Waals surface area (Å²) in [7, 11) is 1.34. The zero-order valence-electron chi connectivity index (χ0n) is 21.0. The number of ether oxygens (including phenoxy) is 3. The maximum atomic E-state index is 13.2. The summed E-state index contributed by atoms with van der Waals surface area (Å²) in [5, 5.41) is 37.4. The first kappa shape index (κ1) is 23.2. The number of cyclic esters (lactones) is 1. The molecular formula is C27H34O9. The third kappa shape index (κ3) is 2.01. The van der Waals surface area contributed by atoms with Crippen LogP contribution < -0.4 is 0 Å². The van der Waals surface area contributed by atoms with Crippen molar-refractivity contribution >= 4 is 11.9 Å². The molecule has 9 heteroatoms. The van der Waals surface area contributed by atoms with Crippen molar-refractivity contribution in [2.45, 2.75) is 88.0 Å². The van der Waals surface area contributed by atoms with Crippen LogP contribution in [0.1, 0.15) is 64.5 Å². The molecule has 2 bridgehead atoms. The third-order valence-corrected chi connectivity index (χ3v) is 12.2. The van der Waals surface area contributed by atoms with Crippen molar-refractivity contribution in [1.29, 1.82) is 0 Å². The molecule has 2 aliphatic heterocycles. The molecule has 1 aromatic heterocycles. The van der Waals surface area contributed by atoms with Gasteiger partial charge in [0.15, 0.2) is 0 Å². The highest BCUT2D eigenvalue weighted by Crippen LogP contribution is 2.85. The number of hydrogen-bond donors (Lipinski definition) is 3. The van der Waals surface area contributed by atoms with Crippen molar-refractivity contribution in [1.82, 2.24) is 0 Å². The second-order valence-electron chi connectivity index (χ2n) is 13.0. The molecule has 4 saturated carbocycles. The molecule has 1 spiro atoms. The number of fused-ring (bicyclic) bond motifs is 2. The average molecular weight is 503 g/mol. The summed E-state index contributed by atoms with van der Waals surface area (Å²) in [6, 6.07) is 1.76. The number of aliphatic hydroxyl groups excluding tert-OH is 1. The van der Waals surface area contributed by atoms with Gasteiger partial charge < -0.3 is 33.9 Å². The molecule has 9 nitrogen and oxygen atoms in total. The summed E-state index contributed by atoms with van der Waals surface area (Å²) in [5.74, 6) is -2.59. The molecule has 36 heavy (non-hydrogen) atoms. The highest BCUT2D eigenvalue weighted by atomic mass is 16.6. The Morgan fingerprint density at radius 1 is 1.25 bits per heavy atom. The lowest BCUT2D eigenvalue weighted by Crippen LogP contribution is -2.72. The van der Waals surface area contributed by atoms with E-state index < -0.39 is 81.1 Å². The van der Waals surface area contributed by atoms with E-state index in [2.05, 4.69) is 0 Å². The summed E-state index contributed by atoms with van der Waals surface area (Å²) in [6.45, 7) is 5.85. The number of carbonyl (C=O) groups is 2. The summed E-state index contributed by atoms with van der Waals surface area (Å²) in [6.07, 6.45) is 1.64. The Balaban J connectivity index is 1.47. The molecule has 0 amide bonds. The van der Waals surface area contributed by atoms with Gasteiger partial charge in [-0.15, -0.1) is 0 Å². The molecular weight excluding hydrogens is 468 g/mol. The monoisotopic (exact) mass is 502 g/mol. The Bertz CT molecular complexity index is 1170. The van der Waals surface area contributed by atoms with Gasteiger partial charge in [-0.05, 0) is 37.2 Å². The predicted octanol–water partition coefficient (Wildman–Crippen LogP) is 1.88. The van der Waals surface area contributed by atoms with Crippen LogP contribution in [0.15, 0.2) is 23.0 Å². The largest absolute Gasteiger partial charge is 0.472 e. The van der Waals surface area contributed by atoms with E-state index in [1.54, 1.807) is 12.3 Å². The van der Waals surface area contributed by atoms with Gasteiger partial charge in [0.05, 0.1) is 43.9 Å². The zero-order chi connectivity index (χ0) is 25.7. The minimum atomic E-state index is -1.60. The van der Waals surface area contributed by atoms with Gasteiger partial charge in [-0.1, -0.05) is 20.8 Å². The lowest BCUT2D eigenvalue weighted by atomic mass is 9.45. The highest BCUT2D eigenvalue weighted by Gasteiger charge is 2.94. The van der Waals surface area contributed by atoms with Crippen molar-refractivity contribution in [3.63, 3.8) is 0 Å². The fourth-order valence-corrected chi connectivity index (χ4v) is 10.8. The number of carbonyl (C=O) groups excluding carboxylic acids is 2. The van der Waals surface area contributed by atoms with E-state index >= 15 is 0 Å². The van der Waals surface area contributed by atoms with E-state index in [-0.39, 0.29) is 19.3 Å². The summed E-state index contributed by atoms with van der Waals surface area (Å²) in [5.41, 5.74) is -6.24. The Morgan fingerprint density at radius 3 is 2.67 bits per heavy atom. The Hall–Kier alpha value is -1.94.